The molecule has 0 amide bonds. The first kappa shape index (κ1) is 27.9. The van der Waals surface area contributed by atoms with Crippen molar-refractivity contribution in [1.82, 2.24) is 19.5 Å². The second kappa shape index (κ2) is 10.7. The summed E-state index contributed by atoms with van der Waals surface area (Å²) in [6.07, 6.45) is 0. The number of rotatable bonds is 4. The van der Waals surface area contributed by atoms with Gasteiger partial charge in [0.25, 0.3) is 0 Å². The fraction of sp³-hybridized carbons (Fsp3) is 0. The lowest BCUT2D eigenvalue weighted by Gasteiger charge is -2.09. The molecule has 0 atom stereocenters. The van der Waals surface area contributed by atoms with E-state index in [0.29, 0.717) is 17.5 Å². The van der Waals surface area contributed by atoms with Gasteiger partial charge >= 0.3 is 0 Å². The Morgan fingerprint density at radius 2 is 0.863 bits per heavy atom. The molecular weight excluding hydrogens is 629 g/mol. The molecule has 11 aromatic rings. The molecule has 0 unspecified atom stereocenters. The van der Waals surface area contributed by atoms with Crippen LogP contribution in [0.15, 0.2) is 167 Å². The predicted octanol–water partition coefficient (Wildman–Crippen LogP) is 11.8. The molecular formula is C45H26N4O2. The van der Waals surface area contributed by atoms with Crippen molar-refractivity contribution >= 4 is 65.7 Å². The molecule has 11 rings (SSSR count). The van der Waals surface area contributed by atoms with Crippen LogP contribution in [0.3, 0.4) is 0 Å². The fourth-order valence-corrected chi connectivity index (χ4v) is 7.61. The Kier molecular flexibility index (Phi) is 5.86. The number of hydrogen-bond acceptors (Lipinski definition) is 5. The van der Waals surface area contributed by atoms with Crippen molar-refractivity contribution in [2.45, 2.75) is 0 Å². The number of furan rings is 2. The Labute approximate surface area is 290 Å². The molecule has 6 nitrogen and oxygen atoms in total. The molecule has 0 spiro atoms. The van der Waals surface area contributed by atoms with E-state index in [1.165, 1.54) is 10.8 Å². The molecule has 0 saturated heterocycles. The number of aromatic nitrogens is 4. The van der Waals surface area contributed by atoms with Crippen LogP contribution in [0.5, 0.6) is 0 Å². The van der Waals surface area contributed by atoms with Crippen LogP contribution < -0.4 is 0 Å². The quantitative estimate of drug-likeness (QED) is 0.189. The lowest BCUT2D eigenvalue weighted by atomic mass is 10.0. The minimum Gasteiger partial charge on any atom is -0.456 e. The number of hydrogen-bond donors (Lipinski definition) is 0. The van der Waals surface area contributed by atoms with Crippen LogP contribution in [0.25, 0.3) is 106 Å². The first-order valence-electron chi connectivity index (χ1n) is 16.9. The Morgan fingerprint density at radius 1 is 0.373 bits per heavy atom. The molecule has 0 radical (unpaired) electrons. The first-order valence-corrected chi connectivity index (χ1v) is 16.9. The van der Waals surface area contributed by atoms with Gasteiger partial charge < -0.3 is 13.4 Å². The van der Waals surface area contributed by atoms with E-state index in [1.807, 2.05) is 78.9 Å². The second-order valence-electron chi connectivity index (χ2n) is 12.8. The maximum absolute atomic E-state index is 6.64. The molecule has 51 heavy (non-hydrogen) atoms. The summed E-state index contributed by atoms with van der Waals surface area (Å²) in [4.78, 5) is 15.0. The summed E-state index contributed by atoms with van der Waals surface area (Å²) in [6, 6.07) is 53.7. The fourth-order valence-electron chi connectivity index (χ4n) is 7.61. The summed E-state index contributed by atoms with van der Waals surface area (Å²) >= 11 is 0. The highest BCUT2D eigenvalue weighted by molar-refractivity contribution is 6.20. The van der Waals surface area contributed by atoms with Gasteiger partial charge in [-0.2, -0.15) is 0 Å². The molecule has 0 N–H and O–H groups in total. The largest absolute Gasteiger partial charge is 0.456 e. The van der Waals surface area contributed by atoms with Gasteiger partial charge in [0, 0.05) is 43.6 Å². The highest BCUT2D eigenvalue weighted by atomic mass is 16.3. The van der Waals surface area contributed by atoms with E-state index in [1.54, 1.807) is 0 Å². The van der Waals surface area contributed by atoms with Crippen LogP contribution in [0, 0.1) is 0 Å². The third-order valence-electron chi connectivity index (χ3n) is 9.85. The average Bonchev–Trinajstić information content (AvgIpc) is 3.86. The van der Waals surface area contributed by atoms with Crippen molar-refractivity contribution in [3.8, 4) is 39.9 Å². The summed E-state index contributed by atoms with van der Waals surface area (Å²) in [6.45, 7) is 0. The van der Waals surface area contributed by atoms with Gasteiger partial charge in [0.05, 0.1) is 22.1 Å². The van der Waals surface area contributed by atoms with Crippen molar-refractivity contribution in [2.75, 3.05) is 0 Å². The van der Waals surface area contributed by atoms with Crippen LogP contribution in [0.4, 0.5) is 0 Å². The van der Waals surface area contributed by atoms with Gasteiger partial charge in [-0.1, -0.05) is 115 Å². The highest BCUT2D eigenvalue weighted by Crippen LogP contribution is 2.43. The smallest absolute Gasteiger partial charge is 0.164 e. The van der Waals surface area contributed by atoms with Gasteiger partial charge in [0.15, 0.2) is 17.5 Å². The van der Waals surface area contributed by atoms with Gasteiger partial charge in [0.1, 0.15) is 22.3 Å². The van der Waals surface area contributed by atoms with Crippen LogP contribution in [-0.2, 0) is 0 Å². The zero-order chi connectivity index (χ0) is 33.5. The molecule has 7 aromatic carbocycles. The van der Waals surface area contributed by atoms with Crippen molar-refractivity contribution in [1.29, 1.82) is 0 Å². The number of fused-ring (bicyclic) bond motifs is 9. The highest BCUT2D eigenvalue weighted by Gasteiger charge is 2.22. The molecule has 4 heterocycles. The van der Waals surface area contributed by atoms with Gasteiger partial charge in [-0.15, -0.1) is 0 Å². The molecule has 0 bridgehead atoms. The molecule has 0 aliphatic rings. The first-order chi connectivity index (χ1) is 25.3. The van der Waals surface area contributed by atoms with Gasteiger partial charge in [-0.05, 0) is 42.5 Å². The predicted molar refractivity (Wildman–Crippen MR) is 205 cm³/mol. The molecule has 0 saturated carbocycles. The summed E-state index contributed by atoms with van der Waals surface area (Å²) in [7, 11) is 0. The Morgan fingerprint density at radius 3 is 1.47 bits per heavy atom. The minimum absolute atomic E-state index is 0.578. The molecule has 238 valence electrons. The van der Waals surface area contributed by atoms with E-state index in [2.05, 4.69) is 83.4 Å². The van der Waals surface area contributed by atoms with Gasteiger partial charge in [0.2, 0.25) is 0 Å². The summed E-state index contributed by atoms with van der Waals surface area (Å²) < 4.78 is 15.6. The Balaban J connectivity index is 1.16. The number of benzene rings is 7. The average molecular weight is 655 g/mol. The molecule has 0 aliphatic carbocycles. The van der Waals surface area contributed by atoms with Crippen molar-refractivity contribution in [2.24, 2.45) is 0 Å². The summed E-state index contributed by atoms with van der Waals surface area (Å²) in [5.74, 6) is 1.80. The van der Waals surface area contributed by atoms with E-state index in [9.17, 15) is 0 Å². The third-order valence-corrected chi connectivity index (χ3v) is 9.85. The van der Waals surface area contributed by atoms with E-state index < -0.39 is 0 Å². The molecule has 0 fully saturated rings. The van der Waals surface area contributed by atoms with Crippen LogP contribution in [0.1, 0.15) is 0 Å². The lowest BCUT2D eigenvalue weighted by Crippen LogP contribution is -2.00. The molecule has 4 aromatic heterocycles. The van der Waals surface area contributed by atoms with Crippen LogP contribution >= 0.6 is 0 Å². The van der Waals surface area contributed by atoms with Gasteiger partial charge in [-0.3, -0.25) is 0 Å². The van der Waals surface area contributed by atoms with Crippen molar-refractivity contribution < 1.29 is 8.83 Å². The molecule has 0 aliphatic heterocycles. The lowest BCUT2D eigenvalue weighted by molar-refractivity contribution is 0.664. The van der Waals surface area contributed by atoms with E-state index in [0.717, 1.165) is 77.3 Å². The zero-order valence-electron chi connectivity index (χ0n) is 27.1. The Bertz CT molecular complexity index is 3030. The van der Waals surface area contributed by atoms with Crippen molar-refractivity contribution in [3.63, 3.8) is 0 Å². The minimum atomic E-state index is 0.578. The number of nitrogens with zero attached hydrogens (tertiary/aromatic N) is 4. The van der Waals surface area contributed by atoms with Crippen LogP contribution in [0.2, 0.25) is 0 Å². The normalized spacial score (nSPS) is 11.9. The molecule has 6 heteroatoms. The second-order valence-corrected chi connectivity index (χ2v) is 12.8. The summed E-state index contributed by atoms with van der Waals surface area (Å²) in [5.41, 5.74) is 9.20. The van der Waals surface area contributed by atoms with Crippen LogP contribution in [-0.4, -0.2) is 19.5 Å². The SMILES string of the molecule is c1ccc(-c2nc(-c3ccccc3)nc(-c3cccc4oc5cc6c(cc5c34)oc3cccc(-n4c5ccccc5c5ccccc54)c36)n2)cc1. The van der Waals surface area contributed by atoms with E-state index in [4.69, 9.17) is 23.8 Å². The van der Waals surface area contributed by atoms with E-state index in [-0.39, 0.29) is 0 Å². The summed E-state index contributed by atoms with van der Waals surface area (Å²) in [5, 5.41) is 6.34. The maximum atomic E-state index is 6.64. The standard InChI is InChI=1S/C45H26N4O2/c1-3-13-27(14-4-1)43-46-44(28-15-5-2-6-16-28)48-45(47-43)31-19-11-23-37-41(31)32-25-40-33(26-39(32)50-37)42-36(22-12-24-38(42)51-40)49-34-20-9-7-17-29(34)30-18-8-10-21-35(30)49/h1-26H. The van der Waals surface area contributed by atoms with E-state index >= 15 is 0 Å². The third kappa shape index (κ3) is 4.20. The van der Waals surface area contributed by atoms with Gasteiger partial charge in [-0.25, -0.2) is 15.0 Å². The Hall–Kier alpha value is -7.05. The zero-order valence-corrected chi connectivity index (χ0v) is 27.1. The maximum Gasteiger partial charge on any atom is 0.164 e. The topological polar surface area (TPSA) is 69.9 Å². The monoisotopic (exact) mass is 654 g/mol. The van der Waals surface area contributed by atoms with Crippen molar-refractivity contribution in [3.05, 3.63) is 158 Å². The number of para-hydroxylation sites is 2.